The molecule has 0 heterocycles. The van der Waals surface area contributed by atoms with E-state index in [1.807, 2.05) is 36.4 Å². The number of rotatable bonds is 7. The van der Waals surface area contributed by atoms with Crippen molar-refractivity contribution in [1.82, 2.24) is 0 Å². The van der Waals surface area contributed by atoms with Crippen LogP contribution in [-0.4, -0.2) is 7.11 Å². The van der Waals surface area contributed by atoms with Gasteiger partial charge in [0.15, 0.2) is 0 Å². The van der Waals surface area contributed by atoms with Gasteiger partial charge >= 0.3 is 0 Å². The van der Waals surface area contributed by atoms with E-state index in [1.54, 1.807) is 7.11 Å². The molecular formula is C18H19BrFNO. The molecule has 0 amide bonds. The Labute approximate surface area is 139 Å². The Hall–Kier alpha value is -1.81. The van der Waals surface area contributed by atoms with E-state index in [0.717, 1.165) is 34.3 Å². The number of ether oxygens (including phenoxy) is 1. The van der Waals surface area contributed by atoms with E-state index in [9.17, 15) is 4.39 Å². The van der Waals surface area contributed by atoms with Crippen LogP contribution in [0.15, 0.2) is 59.6 Å². The van der Waals surface area contributed by atoms with Gasteiger partial charge in [-0.3, -0.25) is 0 Å². The van der Waals surface area contributed by atoms with Crippen molar-refractivity contribution in [3.05, 3.63) is 71.0 Å². The SMILES string of the molecule is C=CCCC(Nc1ccc(OC)cc1)c1ccc(F)cc1Br. The maximum absolute atomic E-state index is 13.3. The van der Waals surface area contributed by atoms with Crippen molar-refractivity contribution in [3.8, 4) is 5.75 Å². The molecule has 0 bridgehead atoms. The third kappa shape index (κ3) is 4.34. The van der Waals surface area contributed by atoms with Crippen LogP contribution in [0.5, 0.6) is 5.75 Å². The fourth-order valence-electron chi connectivity index (χ4n) is 2.26. The number of methoxy groups -OCH3 is 1. The summed E-state index contributed by atoms with van der Waals surface area (Å²) in [5, 5.41) is 3.49. The van der Waals surface area contributed by atoms with Crippen LogP contribution < -0.4 is 10.1 Å². The van der Waals surface area contributed by atoms with Crippen molar-refractivity contribution in [3.63, 3.8) is 0 Å². The van der Waals surface area contributed by atoms with E-state index in [-0.39, 0.29) is 11.9 Å². The van der Waals surface area contributed by atoms with Crippen LogP contribution in [0.3, 0.4) is 0 Å². The first-order chi connectivity index (χ1) is 10.6. The molecule has 0 fully saturated rings. The molecular weight excluding hydrogens is 345 g/mol. The van der Waals surface area contributed by atoms with Gasteiger partial charge in [0.25, 0.3) is 0 Å². The van der Waals surface area contributed by atoms with E-state index in [2.05, 4.69) is 27.8 Å². The lowest BCUT2D eigenvalue weighted by atomic mass is 10.0. The van der Waals surface area contributed by atoms with Crippen molar-refractivity contribution in [2.24, 2.45) is 0 Å². The molecule has 4 heteroatoms. The average Bonchev–Trinajstić information content (AvgIpc) is 2.52. The van der Waals surface area contributed by atoms with E-state index < -0.39 is 0 Å². The van der Waals surface area contributed by atoms with Crippen molar-refractivity contribution < 1.29 is 9.13 Å². The summed E-state index contributed by atoms with van der Waals surface area (Å²) in [7, 11) is 1.64. The molecule has 0 spiro atoms. The van der Waals surface area contributed by atoms with Gasteiger partial charge in [-0.1, -0.05) is 28.1 Å². The first-order valence-corrected chi connectivity index (χ1v) is 7.89. The lowest BCUT2D eigenvalue weighted by Gasteiger charge is -2.21. The van der Waals surface area contributed by atoms with Crippen LogP contribution >= 0.6 is 15.9 Å². The topological polar surface area (TPSA) is 21.3 Å². The van der Waals surface area contributed by atoms with Crippen molar-refractivity contribution >= 4 is 21.6 Å². The van der Waals surface area contributed by atoms with Gasteiger partial charge in [0.1, 0.15) is 11.6 Å². The maximum Gasteiger partial charge on any atom is 0.124 e. The second-order valence-electron chi connectivity index (χ2n) is 4.96. The normalized spacial score (nSPS) is 11.8. The quantitative estimate of drug-likeness (QED) is 0.635. The highest BCUT2D eigenvalue weighted by atomic mass is 79.9. The van der Waals surface area contributed by atoms with Crippen LogP contribution in [0.4, 0.5) is 10.1 Å². The molecule has 2 aromatic rings. The second kappa shape index (κ2) is 7.99. The third-order valence-corrected chi connectivity index (χ3v) is 4.12. The molecule has 22 heavy (non-hydrogen) atoms. The van der Waals surface area contributed by atoms with Gasteiger partial charge in [-0.25, -0.2) is 4.39 Å². The van der Waals surface area contributed by atoms with E-state index >= 15 is 0 Å². The Morgan fingerprint density at radius 1 is 1.27 bits per heavy atom. The van der Waals surface area contributed by atoms with Crippen LogP contribution in [0.1, 0.15) is 24.4 Å². The monoisotopic (exact) mass is 363 g/mol. The predicted molar refractivity (Wildman–Crippen MR) is 92.9 cm³/mol. The van der Waals surface area contributed by atoms with Gasteiger partial charge in [-0.05, 0) is 54.8 Å². The highest BCUT2D eigenvalue weighted by Crippen LogP contribution is 2.31. The number of hydrogen-bond acceptors (Lipinski definition) is 2. The minimum Gasteiger partial charge on any atom is -0.497 e. The highest BCUT2D eigenvalue weighted by molar-refractivity contribution is 9.10. The van der Waals surface area contributed by atoms with Gasteiger partial charge in [0.2, 0.25) is 0 Å². The van der Waals surface area contributed by atoms with Crippen molar-refractivity contribution in [1.29, 1.82) is 0 Å². The summed E-state index contributed by atoms with van der Waals surface area (Å²) in [5.41, 5.74) is 2.02. The molecule has 0 aromatic heterocycles. The molecule has 2 nitrogen and oxygen atoms in total. The van der Waals surface area contributed by atoms with Gasteiger partial charge in [0.05, 0.1) is 13.2 Å². The largest absolute Gasteiger partial charge is 0.497 e. The molecule has 0 aliphatic heterocycles. The number of benzene rings is 2. The predicted octanol–water partition coefficient (Wildman–Crippen LogP) is 5.72. The summed E-state index contributed by atoms with van der Waals surface area (Å²) >= 11 is 3.45. The number of anilines is 1. The lowest BCUT2D eigenvalue weighted by Crippen LogP contribution is -2.11. The van der Waals surface area contributed by atoms with E-state index in [0.29, 0.717) is 0 Å². The van der Waals surface area contributed by atoms with E-state index in [4.69, 9.17) is 4.74 Å². The zero-order valence-corrected chi connectivity index (χ0v) is 14.1. The number of halogens is 2. The van der Waals surface area contributed by atoms with Gasteiger partial charge in [-0.15, -0.1) is 6.58 Å². The zero-order chi connectivity index (χ0) is 15.9. The Kier molecular flexibility index (Phi) is 6.01. The highest BCUT2D eigenvalue weighted by Gasteiger charge is 2.14. The summed E-state index contributed by atoms with van der Waals surface area (Å²) in [6.07, 6.45) is 3.64. The molecule has 2 rings (SSSR count). The lowest BCUT2D eigenvalue weighted by molar-refractivity contribution is 0.415. The maximum atomic E-state index is 13.3. The first-order valence-electron chi connectivity index (χ1n) is 7.10. The smallest absolute Gasteiger partial charge is 0.124 e. The Bertz CT molecular complexity index is 627. The molecule has 1 atom stereocenters. The summed E-state index contributed by atoms with van der Waals surface area (Å²) in [6, 6.07) is 12.6. The molecule has 1 unspecified atom stereocenters. The fourth-order valence-corrected chi connectivity index (χ4v) is 2.89. The molecule has 0 aliphatic rings. The number of hydrogen-bond donors (Lipinski definition) is 1. The molecule has 1 N–H and O–H groups in total. The average molecular weight is 364 g/mol. The third-order valence-electron chi connectivity index (χ3n) is 3.43. The molecule has 0 saturated heterocycles. The number of allylic oxidation sites excluding steroid dienone is 1. The zero-order valence-electron chi connectivity index (χ0n) is 12.5. The van der Waals surface area contributed by atoms with Crippen LogP contribution in [0, 0.1) is 5.82 Å². The summed E-state index contributed by atoms with van der Waals surface area (Å²) in [4.78, 5) is 0. The molecule has 2 aromatic carbocycles. The first kappa shape index (κ1) is 16.6. The molecule has 116 valence electrons. The minimum atomic E-state index is -0.248. The number of nitrogens with one attached hydrogen (secondary N) is 1. The molecule has 0 radical (unpaired) electrons. The van der Waals surface area contributed by atoms with Crippen molar-refractivity contribution in [2.45, 2.75) is 18.9 Å². The summed E-state index contributed by atoms with van der Waals surface area (Å²) in [6.45, 7) is 3.78. The van der Waals surface area contributed by atoms with Gasteiger partial charge in [0, 0.05) is 10.2 Å². The standard InChI is InChI=1S/C18H19BrFNO/c1-3-4-5-18(16-11-6-13(20)12-17(16)19)21-14-7-9-15(22-2)10-8-14/h3,6-12,18,21H,1,4-5H2,2H3. The Morgan fingerprint density at radius 2 is 2.00 bits per heavy atom. The van der Waals surface area contributed by atoms with Crippen LogP contribution in [0.2, 0.25) is 0 Å². The summed E-state index contributed by atoms with van der Waals surface area (Å²) in [5.74, 6) is 0.568. The van der Waals surface area contributed by atoms with Crippen molar-refractivity contribution in [2.75, 3.05) is 12.4 Å². The Morgan fingerprint density at radius 3 is 2.59 bits per heavy atom. The Balaban J connectivity index is 2.22. The molecule has 0 saturated carbocycles. The van der Waals surface area contributed by atoms with Crippen LogP contribution in [0.25, 0.3) is 0 Å². The fraction of sp³-hybridized carbons (Fsp3) is 0.222. The summed E-state index contributed by atoms with van der Waals surface area (Å²) < 4.78 is 19.2. The second-order valence-corrected chi connectivity index (χ2v) is 5.81. The van der Waals surface area contributed by atoms with Crippen LogP contribution in [-0.2, 0) is 0 Å². The minimum absolute atomic E-state index is 0.0707. The molecule has 0 aliphatic carbocycles. The van der Waals surface area contributed by atoms with E-state index in [1.165, 1.54) is 12.1 Å². The van der Waals surface area contributed by atoms with Gasteiger partial charge in [-0.2, -0.15) is 0 Å². The van der Waals surface area contributed by atoms with Gasteiger partial charge < -0.3 is 10.1 Å².